The summed E-state index contributed by atoms with van der Waals surface area (Å²) in [5.41, 5.74) is 2.99. The molecule has 2 nitrogen and oxygen atoms in total. The first-order chi connectivity index (χ1) is 6.52. The van der Waals surface area contributed by atoms with Gasteiger partial charge in [0.1, 0.15) is 0 Å². The zero-order valence-corrected chi connectivity index (χ0v) is 10.2. The summed E-state index contributed by atoms with van der Waals surface area (Å²) in [4.78, 5) is 0. The van der Waals surface area contributed by atoms with Crippen molar-refractivity contribution in [2.45, 2.75) is 33.6 Å². The van der Waals surface area contributed by atoms with Crippen LogP contribution in [0.1, 0.15) is 33.6 Å². The summed E-state index contributed by atoms with van der Waals surface area (Å²) in [6.45, 7) is 8.48. The lowest BCUT2D eigenvalue weighted by atomic mass is 9.88. The molecule has 0 saturated carbocycles. The van der Waals surface area contributed by atoms with Gasteiger partial charge in [0.05, 0.1) is 0 Å². The van der Waals surface area contributed by atoms with Crippen molar-refractivity contribution in [1.29, 1.82) is 0 Å². The largest absolute Gasteiger partial charge is 0.396 e. The summed E-state index contributed by atoms with van der Waals surface area (Å²) in [5, 5.41) is 12.1. The van der Waals surface area contributed by atoms with Gasteiger partial charge in [0.25, 0.3) is 0 Å². The van der Waals surface area contributed by atoms with Crippen LogP contribution in [0, 0.1) is 5.41 Å². The molecule has 2 N–H and O–H groups in total. The second-order valence-corrected chi connectivity index (χ2v) is 4.77. The predicted molar refractivity (Wildman–Crippen MR) is 62.6 cm³/mol. The van der Waals surface area contributed by atoms with Crippen LogP contribution in [0.2, 0.25) is 0 Å². The van der Waals surface area contributed by atoms with Crippen LogP contribution in [0.25, 0.3) is 0 Å². The topological polar surface area (TPSA) is 32.3 Å². The Labute approximate surface area is 92.3 Å². The summed E-state index contributed by atoms with van der Waals surface area (Å²) < 4.78 is 0. The van der Waals surface area contributed by atoms with Gasteiger partial charge in [-0.25, -0.2) is 0 Å². The number of nitrogens with one attached hydrogen (secondary N) is 1. The fraction of sp³-hybridized carbons (Fsp3) is 0.818. The first kappa shape index (κ1) is 13.9. The molecule has 0 rings (SSSR count). The number of aliphatic hydroxyl groups is 1. The van der Waals surface area contributed by atoms with Gasteiger partial charge in [-0.2, -0.15) is 0 Å². The maximum atomic E-state index is 8.73. The van der Waals surface area contributed by atoms with Crippen LogP contribution in [0.3, 0.4) is 0 Å². The predicted octanol–water partition coefficient (Wildman–Crippen LogP) is 2.52. The summed E-state index contributed by atoms with van der Waals surface area (Å²) in [6.07, 6.45) is 1.92. The third-order valence-electron chi connectivity index (χ3n) is 2.21. The highest BCUT2D eigenvalue weighted by molar-refractivity contribution is 6.25. The van der Waals surface area contributed by atoms with E-state index in [4.69, 9.17) is 16.7 Å². The number of halogens is 1. The van der Waals surface area contributed by atoms with E-state index in [1.165, 1.54) is 0 Å². The smallest absolute Gasteiger partial charge is 0.0431 e. The molecular weight excluding hydrogens is 198 g/mol. The number of hydrogen-bond acceptors (Lipinski definition) is 2. The first-order valence-electron chi connectivity index (χ1n) is 5.09. The average Bonchev–Trinajstić information content (AvgIpc) is 2.14. The Morgan fingerprint density at radius 3 is 2.64 bits per heavy atom. The molecule has 0 aromatic heterocycles. The van der Waals surface area contributed by atoms with E-state index in [1.54, 1.807) is 5.54 Å². The molecule has 0 aliphatic rings. The van der Waals surface area contributed by atoms with Crippen molar-refractivity contribution in [3.8, 4) is 0 Å². The van der Waals surface area contributed by atoms with Crippen LogP contribution in [0.5, 0.6) is 0 Å². The van der Waals surface area contributed by atoms with E-state index in [1.807, 2.05) is 6.92 Å². The molecular formula is C11H22ClNO. The van der Waals surface area contributed by atoms with Gasteiger partial charge < -0.3 is 10.4 Å². The maximum absolute atomic E-state index is 8.73. The fourth-order valence-electron chi connectivity index (χ4n) is 1.28. The molecule has 0 aromatic rings. The quantitative estimate of drug-likeness (QED) is 0.690. The maximum Gasteiger partial charge on any atom is 0.0431 e. The van der Waals surface area contributed by atoms with E-state index < -0.39 is 0 Å². The Kier molecular flexibility index (Phi) is 7.24. The summed E-state index contributed by atoms with van der Waals surface area (Å²) >= 11 is 5.55. The van der Waals surface area contributed by atoms with Crippen molar-refractivity contribution in [1.82, 2.24) is 5.32 Å². The Balaban J connectivity index is 3.64. The van der Waals surface area contributed by atoms with E-state index in [2.05, 4.69) is 19.2 Å². The van der Waals surface area contributed by atoms with Crippen molar-refractivity contribution in [3.63, 3.8) is 0 Å². The zero-order valence-electron chi connectivity index (χ0n) is 9.44. The van der Waals surface area contributed by atoms with E-state index >= 15 is 0 Å². The summed E-state index contributed by atoms with van der Waals surface area (Å²) in [7, 11) is 0. The molecule has 84 valence electrons. The summed E-state index contributed by atoms with van der Waals surface area (Å²) in [6, 6.07) is 0. The lowest BCUT2D eigenvalue weighted by Crippen LogP contribution is -2.30. The first-order valence-corrected chi connectivity index (χ1v) is 5.53. The van der Waals surface area contributed by atoms with Gasteiger partial charge in [0, 0.05) is 25.2 Å². The van der Waals surface area contributed by atoms with Gasteiger partial charge in [-0.05, 0) is 30.8 Å². The molecule has 3 heteroatoms. The van der Waals surface area contributed by atoms with Crippen LogP contribution in [-0.2, 0) is 0 Å². The van der Waals surface area contributed by atoms with Gasteiger partial charge in [-0.1, -0.05) is 25.4 Å². The highest BCUT2D eigenvalue weighted by Gasteiger charge is 2.16. The third kappa shape index (κ3) is 7.36. The van der Waals surface area contributed by atoms with Crippen LogP contribution in [-0.4, -0.2) is 24.8 Å². The lowest BCUT2D eigenvalue weighted by molar-refractivity contribution is 0.237. The summed E-state index contributed by atoms with van der Waals surface area (Å²) in [5.74, 6) is 0. The van der Waals surface area contributed by atoms with E-state index in [9.17, 15) is 0 Å². The number of hydrogen-bond donors (Lipinski definition) is 2. The van der Waals surface area contributed by atoms with E-state index in [0.717, 1.165) is 31.5 Å². The molecule has 0 atom stereocenters. The average molecular weight is 220 g/mol. The molecule has 0 saturated heterocycles. The van der Waals surface area contributed by atoms with Crippen LogP contribution in [0.4, 0.5) is 0 Å². The molecule has 0 aliphatic heterocycles. The number of aliphatic hydroxyl groups excluding tert-OH is 1. The van der Waals surface area contributed by atoms with Crippen LogP contribution >= 0.6 is 11.6 Å². The second kappa shape index (κ2) is 7.27. The Bertz CT molecular complexity index is 178. The Morgan fingerprint density at radius 1 is 1.50 bits per heavy atom. The molecule has 14 heavy (non-hydrogen) atoms. The lowest BCUT2D eigenvalue weighted by Gasteiger charge is -2.24. The molecule has 0 fully saturated rings. The minimum atomic E-state index is 0.245. The second-order valence-electron chi connectivity index (χ2n) is 4.55. The third-order valence-corrected chi connectivity index (χ3v) is 2.58. The minimum absolute atomic E-state index is 0.245. The highest BCUT2D eigenvalue weighted by atomic mass is 35.5. The fourth-order valence-corrected chi connectivity index (χ4v) is 1.36. The number of rotatable bonds is 7. The molecule has 0 heterocycles. The van der Waals surface area contributed by atoms with Gasteiger partial charge in [0.2, 0.25) is 0 Å². The molecule has 0 amide bonds. The zero-order chi connectivity index (χ0) is 11.0. The SMILES string of the molecule is CC(=CCl)CNCC(C)(C)CCCO. The molecule has 0 bridgehead atoms. The normalized spacial score (nSPS) is 13.4. The van der Waals surface area contributed by atoms with E-state index in [-0.39, 0.29) is 12.0 Å². The molecule has 0 spiro atoms. The van der Waals surface area contributed by atoms with Crippen molar-refractivity contribution < 1.29 is 5.11 Å². The van der Waals surface area contributed by atoms with Crippen LogP contribution < -0.4 is 5.32 Å². The molecule has 0 unspecified atom stereocenters. The van der Waals surface area contributed by atoms with Crippen molar-refractivity contribution in [2.24, 2.45) is 5.41 Å². The van der Waals surface area contributed by atoms with Crippen molar-refractivity contribution >= 4 is 11.6 Å². The monoisotopic (exact) mass is 219 g/mol. The Hall–Kier alpha value is -0.0500. The van der Waals surface area contributed by atoms with Gasteiger partial charge in [0.15, 0.2) is 0 Å². The van der Waals surface area contributed by atoms with Gasteiger partial charge >= 0.3 is 0 Å². The van der Waals surface area contributed by atoms with Gasteiger partial charge in [-0.15, -0.1) is 0 Å². The van der Waals surface area contributed by atoms with Crippen molar-refractivity contribution in [2.75, 3.05) is 19.7 Å². The van der Waals surface area contributed by atoms with Crippen LogP contribution in [0.15, 0.2) is 11.1 Å². The Morgan fingerprint density at radius 2 is 2.14 bits per heavy atom. The molecule has 0 radical (unpaired) electrons. The van der Waals surface area contributed by atoms with E-state index in [0.29, 0.717) is 0 Å². The minimum Gasteiger partial charge on any atom is -0.396 e. The van der Waals surface area contributed by atoms with Gasteiger partial charge in [-0.3, -0.25) is 0 Å². The standard InChI is InChI=1S/C11H22ClNO/c1-10(7-12)8-13-9-11(2,3)5-4-6-14/h7,13-14H,4-6,8-9H2,1-3H3. The van der Waals surface area contributed by atoms with Crippen molar-refractivity contribution in [3.05, 3.63) is 11.1 Å². The molecule has 0 aromatic carbocycles. The molecule has 0 aliphatic carbocycles. The highest BCUT2D eigenvalue weighted by Crippen LogP contribution is 2.20.